The summed E-state index contributed by atoms with van der Waals surface area (Å²) in [6.45, 7) is 5.04. The first-order valence-electron chi connectivity index (χ1n) is 7.98. The number of hydrogen-bond donors (Lipinski definition) is 1. The van der Waals surface area contributed by atoms with Crippen LogP contribution in [0.5, 0.6) is 0 Å². The van der Waals surface area contributed by atoms with Crippen LogP contribution in [0.25, 0.3) is 11.0 Å². The van der Waals surface area contributed by atoms with E-state index in [9.17, 15) is 13.2 Å². The SMILES string of the molecule is Cc1cc(C)c2c(CC(=O)N3CC[C@@H](CS(N)(=O)=O)C3)coc2c1. The van der Waals surface area contributed by atoms with Crippen molar-refractivity contribution in [3.63, 3.8) is 0 Å². The fourth-order valence-electron chi connectivity index (χ4n) is 3.56. The Hall–Kier alpha value is -1.86. The van der Waals surface area contributed by atoms with E-state index in [4.69, 9.17) is 9.56 Å². The smallest absolute Gasteiger partial charge is 0.227 e. The van der Waals surface area contributed by atoms with Crippen LogP contribution in [-0.2, 0) is 21.2 Å². The molecule has 1 saturated heterocycles. The number of benzene rings is 1. The fraction of sp³-hybridized carbons (Fsp3) is 0.471. The third-order valence-electron chi connectivity index (χ3n) is 4.54. The van der Waals surface area contributed by atoms with Crippen LogP contribution in [0.3, 0.4) is 0 Å². The second-order valence-electron chi connectivity index (χ2n) is 6.72. The van der Waals surface area contributed by atoms with Gasteiger partial charge in [-0.1, -0.05) is 6.07 Å². The van der Waals surface area contributed by atoms with E-state index in [1.54, 1.807) is 11.2 Å². The Labute approximate surface area is 141 Å². The summed E-state index contributed by atoms with van der Waals surface area (Å²) in [5.74, 6) is -0.145. The average Bonchev–Trinajstić information content (AvgIpc) is 3.04. The minimum Gasteiger partial charge on any atom is -0.464 e. The monoisotopic (exact) mass is 350 g/mol. The highest BCUT2D eigenvalue weighted by Gasteiger charge is 2.29. The van der Waals surface area contributed by atoms with E-state index in [0.717, 1.165) is 27.7 Å². The van der Waals surface area contributed by atoms with E-state index in [0.29, 0.717) is 19.5 Å². The van der Waals surface area contributed by atoms with Crippen molar-refractivity contribution in [2.45, 2.75) is 26.7 Å². The number of hydrogen-bond acceptors (Lipinski definition) is 4. The molecule has 1 fully saturated rings. The van der Waals surface area contributed by atoms with Crippen molar-refractivity contribution in [2.24, 2.45) is 11.1 Å². The summed E-state index contributed by atoms with van der Waals surface area (Å²) < 4.78 is 28.0. The van der Waals surface area contributed by atoms with Gasteiger partial charge in [0.15, 0.2) is 0 Å². The number of fused-ring (bicyclic) bond motifs is 1. The maximum Gasteiger partial charge on any atom is 0.227 e. The number of carbonyl (C=O) groups excluding carboxylic acids is 1. The number of amides is 1. The number of primary sulfonamides is 1. The molecule has 24 heavy (non-hydrogen) atoms. The minimum absolute atomic E-state index is 0.00501. The molecule has 7 heteroatoms. The molecule has 3 rings (SSSR count). The van der Waals surface area contributed by atoms with E-state index in [2.05, 4.69) is 6.07 Å². The van der Waals surface area contributed by atoms with Gasteiger partial charge in [0, 0.05) is 24.0 Å². The largest absolute Gasteiger partial charge is 0.464 e. The highest BCUT2D eigenvalue weighted by Crippen LogP contribution is 2.27. The van der Waals surface area contributed by atoms with Crippen molar-refractivity contribution in [3.8, 4) is 0 Å². The highest BCUT2D eigenvalue weighted by molar-refractivity contribution is 7.89. The zero-order chi connectivity index (χ0) is 17.5. The number of aryl methyl sites for hydroxylation is 2. The minimum atomic E-state index is -3.50. The fourth-order valence-corrected chi connectivity index (χ4v) is 4.48. The summed E-state index contributed by atoms with van der Waals surface area (Å²) in [5.41, 5.74) is 3.89. The molecule has 1 atom stereocenters. The molecule has 0 aliphatic carbocycles. The lowest BCUT2D eigenvalue weighted by atomic mass is 10.0. The van der Waals surface area contributed by atoms with Gasteiger partial charge in [0.05, 0.1) is 18.4 Å². The van der Waals surface area contributed by atoms with Gasteiger partial charge >= 0.3 is 0 Å². The predicted molar refractivity (Wildman–Crippen MR) is 92.1 cm³/mol. The lowest BCUT2D eigenvalue weighted by molar-refractivity contribution is -0.129. The summed E-state index contributed by atoms with van der Waals surface area (Å²) in [6.07, 6.45) is 2.58. The average molecular weight is 350 g/mol. The normalized spacial score (nSPS) is 18.5. The van der Waals surface area contributed by atoms with Crippen LogP contribution in [0.1, 0.15) is 23.1 Å². The van der Waals surface area contributed by atoms with E-state index in [1.165, 1.54) is 0 Å². The number of likely N-dealkylation sites (tertiary alicyclic amines) is 1. The number of sulfonamides is 1. The molecule has 6 nitrogen and oxygen atoms in total. The maximum absolute atomic E-state index is 12.5. The number of furan rings is 1. The Balaban J connectivity index is 1.72. The van der Waals surface area contributed by atoms with Crippen LogP contribution in [-0.4, -0.2) is 38.1 Å². The second kappa shape index (κ2) is 6.22. The van der Waals surface area contributed by atoms with Gasteiger partial charge in [0.2, 0.25) is 15.9 Å². The molecule has 0 radical (unpaired) electrons. The molecule has 130 valence electrons. The predicted octanol–water partition coefficient (Wildman–Crippen LogP) is 1.73. The van der Waals surface area contributed by atoms with Crippen molar-refractivity contribution in [1.82, 2.24) is 4.90 Å². The third kappa shape index (κ3) is 3.62. The number of rotatable bonds is 4. The van der Waals surface area contributed by atoms with Crippen LogP contribution in [0.4, 0.5) is 0 Å². The van der Waals surface area contributed by atoms with Gasteiger partial charge < -0.3 is 9.32 Å². The van der Waals surface area contributed by atoms with E-state index in [1.807, 2.05) is 19.9 Å². The molecule has 1 amide bonds. The van der Waals surface area contributed by atoms with Crippen molar-refractivity contribution in [1.29, 1.82) is 0 Å². The summed E-state index contributed by atoms with van der Waals surface area (Å²) in [7, 11) is -3.50. The van der Waals surface area contributed by atoms with E-state index in [-0.39, 0.29) is 24.0 Å². The van der Waals surface area contributed by atoms with E-state index >= 15 is 0 Å². The van der Waals surface area contributed by atoms with Gasteiger partial charge in [-0.3, -0.25) is 4.79 Å². The van der Waals surface area contributed by atoms with Gasteiger partial charge in [-0.25, -0.2) is 13.6 Å². The number of nitrogens with two attached hydrogens (primary N) is 1. The Kier molecular flexibility index (Phi) is 4.40. The maximum atomic E-state index is 12.5. The Morgan fingerprint density at radius 3 is 2.83 bits per heavy atom. The molecule has 2 N–H and O–H groups in total. The van der Waals surface area contributed by atoms with Gasteiger partial charge in [-0.2, -0.15) is 0 Å². The number of carbonyl (C=O) groups is 1. The van der Waals surface area contributed by atoms with E-state index < -0.39 is 10.0 Å². The first-order chi connectivity index (χ1) is 11.2. The highest BCUT2D eigenvalue weighted by atomic mass is 32.2. The molecule has 1 aromatic heterocycles. The molecule has 0 unspecified atom stereocenters. The van der Waals surface area contributed by atoms with Crippen LogP contribution in [0, 0.1) is 19.8 Å². The molecule has 0 bridgehead atoms. The summed E-state index contributed by atoms with van der Waals surface area (Å²) in [4.78, 5) is 14.3. The van der Waals surface area contributed by atoms with Crippen LogP contribution < -0.4 is 5.14 Å². The lowest BCUT2D eigenvalue weighted by Crippen LogP contribution is -2.31. The molecule has 2 aromatic rings. The topological polar surface area (TPSA) is 93.6 Å². The molecule has 0 spiro atoms. The zero-order valence-electron chi connectivity index (χ0n) is 13.9. The van der Waals surface area contributed by atoms with Crippen molar-refractivity contribution >= 4 is 26.9 Å². The van der Waals surface area contributed by atoms with Crippen LogP contribution in [0.15, 0.2) is 22.8 Å². The molecule has 1 aliphatic heterocycles. The van der Waals surface area contributed by atoms with Crippen molar-refractivity contribution in [3.05, 3.63) is 35.1 Å². The summed E-state index contributed by atoms with van der Waals surface area (Å²) >= 11 is 0. The Morgan fingerprint density at radius 2 is 2.12 bits per heavy atom. The number of nitrogens with zero attached hydrogens (tertiary/aromatic N) is 1. The molecule has 1 aromatic carbocycles. The molecule has 2 heterocycles. The summed E-state index contributed by atoms with van der Waals surface area (Å²) in [6, 6.07) is 4.04. The molecular formula is C17H22N2O4S. The Morgan fingerprint density at radius 1 is 1.38 bits per heavy atom. The first kappa shape index (κ1) is 17.0. The van der Waals surface area contributed by atoms with Gasteiger partial charge in [-0.05, 0) is 43.4 Å². The summed E-state index contributed by atoms with van der Waals surface area (Å²) in [5, 5.41) is 6.09. The second-order valence-corrected chi connectivity index (χ2v) is 8.38. The van der Waals surface area contributed by atoms with Gasteiger partial charge in [-0.15, -0.1) is 0 Å². The van der Waals surface area contributed by atoms with Crippen molar-refractivity contribution < 1.29 is 17.6 Å². The standard InChI is InChI=1S/C17H22N2O4S/c1-11-5-12(2)17-14(9-23-15(17)6-11)7-16(20)19-4-3-13(8-19)10-24(18,21)22/h5-6,9,13H,3-4,7-8,10H2,1-2H3,(H2,18,21,22)/t13-/m1/s1. The molecule has 1 aliphatic rings. The third-order valence-corrected chi connectivity index (χ3v) is 5.48. The Bertz CT molecular complexity index is 885. The zero-order valence-corrected chi connectivity index (χ0v) is 14.7. The lowest BCUT2D eigenvalue weighted by Gasteiger charge is -2.16. The van der Waals surface area contributed by atoms with Gasteiger partial charge in [0.25, 0.3) is 0 Å². The van der Waals surface area contributed by atoms with Crippen LogP contribution >= 0.6 is 0 Å². The quantitative estimate of drug-likeness (QED) is 0.908. The molecule has 0 saturated carbocycles. The molecular weight excluding hydrogens is 328 g/mol. The first-order valence-corrected chi connectivity index (χ1v) is 9.70. The van der Waals surface area contributed by atoms with Gasteiger partial charge in [0.1, 0.15) is 5.58 Å². The van der Waals surface area contributed by atoms with Crippen LogP contribution in [0.2, 0.25) is 0 Å². The van der Waals surface area contributed by atoms with Crippen molar-refractivity contribution in [2.75, 3.05) is 18.8 Å².